The molecule has 0 radical (unpaired) electrons. The topological polar surface area (TPSA) is 26.3 Å². The lowest BCUT2D eigenvalue weighted by Gasteiger charge is -2.37. The number of carbonyl (C=O) groups is 1. The molecule has 0 spiro atoms. The third-order valence-corrected chi connectivity index (χ3v) is 3.21. The van der Waals surface area contributed by atoms with Gasteiger partial charge >= 0.3 is 5.97 Å². The van der Waals surface area contributed by atoms with Crippen molar-refractivity contribution in [2.24, 2.45) is 17.8 Å². The van der Waals surface area contributed by atoms with Crippen molar-refractivity contribution in [3.05, 3.63) is 12.2 Å². The molecule has 0 amide bonds. The van der Waals surface area contributed by atoms with Crippen LogP contribution in [0.5, 0.6) is 0 Å². The van der Waals surface area contributed by atoms with Crippen molar-refractivity contribution in [1.29, 1.82) is 0 Å². The first-order valence-corrected chi connectivity index (χ1v) is 5.07. The molecule has 3 rings (SSSR count). The minimum atomic E-state index is -0.148. The molecule has 1 fully saturated rings. The molecular formula is C11H16O2. The van der Waals surface area contributed by atoms with E-state index in [-0.39, 0.29) is 5.97 Å². The summed E-state index contributed by atoms with van der Waals surface area (Å²) >= 11 is 0. The zero-order valence-corrected chi connectivity index (χ0v) is 8.03. The zero-order chi connectivity index (χ0) is 9.26. The number of rotatable bonds is 2. The van der Waals surface area contributed by atoms with Crippen molar-refractivity contribution in [3.8, 4) is 0 Å². The Morgan fingerprint density at radius 2 is 2.31 bits per heavy atom. The lowest BCUT2D eigenvalue weighted by molar-refractivity contribution is -0.143. The van der Waals surface area contributed by atoms with Gasteiger partial charge in [-0.2, -0.15) is 0 Å². The number of hydrogen-bond donors (Lipinski definition) is 0. The van der Waals surface area contributed by atoms with E-state index in [4.69, 9.17) is 4.74 Å². The Bertz CT molecular complexity index is 232. The molecule has 0 aliphatic heterocycles. The van der Waals surface area contributed by atoms with Crippen molar-refractivity contribution in [3.63, 3.8) is 0 Å². The molecule has 2 heteroatoms. The molecule has 72 valence electrons. The van der Waals surface area contributed by atoms with E-state index in [0.29, 0.717) is 18.4 Å². The highest BCUT2D eigenvalue weighted by molar-refractivity contribution is 5.65. The van der Waals surface area contributed by atoms with Gasteiger partial charge in [-0.15, -0.1) is 0 Å². The molecule has 3 aliphatic carbocycles. The first-order valence-electron chi connectivity index (χ1n) is 5.07. The van der Waals surface area contributed by atoms with E-state index < -0.39 is 0 Å². The lowest BCUT2D eigenvalue weighted by Crippen LogP contribution is -2.30. The van der Waals surface area contributed by atoms with Crippen LogP contribution in [0.15, 0.2) is 12.2 Å². The molecule has 0 N–H and O–H groups in total. The molecule has 2 bridgehead atoms. The van der Waals surface area contributed by atoms with Crippen molar-refractivity contribution in [2.75, 3.05) is 6.61 Å². The molecule has 0 aromatic carbocycles. The molecule has 0 heterocycles. The Labute approximate surface area is 79.0 Å². The molecule has 0 aromatic rings. The van der Waals surface area contributed by atoms with Crippen molar-refractivity contribution < 1.29 is 9.53 Å². The average molecular weight is 180 g/mol. The summed E-state index contributed by atoms with van der Waals surface area (Å²) < 4.78 is 5.06. The smallest absolute Gasteiger partial charge is 0.302 e. The third-order valence-electron chi connectivity index (χ3n) is 3.21. The second-order valence-electron chi connectivity index (χ2n) is 4.18. The summed E-state index contributed by atoms with van der Waals surface area (Å²) in [5.74, 6) is 1.87. The summed E-state index contributed by atoms with van der Waals surface area (Å²) in [5, 5.41) is 0. The van der Waals surface area contributed by atoms with Crippen LogP contribution in [0.3, 0.4) is 0 Å². The predicted molar refractivity (Wildman–Crippen MR) is 50.1 cm³/mol. The molecule has 2 nitrogen and oxygen atoms in total. The number of ether oxygens (including phenoxy) is 1. The van der Waals surface area contributed by atoms with Crippen LogP contribution >= 0.6 is 0 Å². The fraction of sp³-hybridized carbons (Fsp3) is 0.727. The molecule has 1 saturated carbocycles. The van der Waals surface area contributed by atoms with Crippen LogP contribution in [0, 0.1) is 17.8 Å². The van der Waals surface area contributed by atoms with E-state index in [0.717, 1.165) is 5.92 Å². The van der Waals surface area contributed by atoms with E-state index in [1.807, 2.05) is 0 Å². The van der Waals surface area contributed by atoms with Crippen molar-refractivity contribution in [2.45, 2.75) is 26.2 Å². The van der Waals surface area contributed by atoms with Crippen LogP contribution in [0.2, 0.25) is 0 Å². The van der Waals surface area contributed by atoms with Gasteiger partial charge in [-0.25, -0.2) is 0 Å². The molecule has 0 unspecified atom stereocenters. The number of allylic oxidation sites excluding steroid dienone is 2. The third kappa shape index (κ3) is 1.93. The van der Waals surface area contributed by atoms with Gasteiger partial charge in [-0.3, -0.25) is 4.79 Å². The van der Waals surface area contributed by atoms with E-state index >= 15 is 0 Å². The van der Waals surface area contributed by atoms with Crippen LogP contribution in [-0.2, 0) is 9.53 Å². The highest BCUT2D eigenvalue weighted by Crippen LogP contribution is 2.40. The van der Waals surface area contributed by atoms with Gasteiger partial charge in [0.2, 0.25) is 0 Å². The maximum Gasteiger partial charge on any atom is 0.302 e. The SMILES string of the molecule is CC(=O)OC[C@H]1C[C@@H]2C=C[C@H]1CC2. The van der Waals surface area contributed by atoms with Gasteiger partial charge in [0.1, 0.15) is 0 Å². The number of hydrogen-bond acceptors (Lipinski definition) is 2. The fourth-order valence-electron chi connectivity index (χ4n) is 2.47. The Balaban J connectivity index is 1.88. The first-order chi connectivity index (χ1) is 6.25. The second kappa shape index (κ2) is 3.52. The maximum absolute atomic E-state index is 10.7. The molecule has 13 heavy (non-hydrogen) atoms. The predicted octanol–water partition coefficient (Wildman–Crippen LogP) is 2.15. The monoisotopic (exact) mass is 180 g/mol. The quantitative estimate of drug-likeness (QED) is 0.481. The molecule has 0 aromatic heterocycles. The van der Waals surface area contributed by atoms with Crippen molar-refractivity contribution >= 4 is 5.97 Å². The van der Waals surface area contributed by atoms with Gasteiger partial charge < -0.3 is 4.74 Å². The summed E-state index contributed by atoms with van der Waals surface area (Å²) in [5.41, 5.74) is 0. The first kappa shape index (κ1) is 8.79. The van der Waals surface area contributed by atoms with Crippen LogP contribution in [0.1, 0.15) is 26.2 Å². The highest BCUT2D eigenvalue weighted by Gasteiger charge is 2.32. The van der Waals surface area contributed by atoms with Crippen LogP contribution in [0.4, 0.5) is 0 Å². The minimum Gasteiger partial charge on any atom is -0.466 e. The molecule has 3 aliphatic rings. The Morgan fingerprint density at radius 1 is 1.46 bits per heavy atom. The minimum absolute atomic E-state index is 0.148. The summed E-state index contributed by atoms with van der Waals surface area (Å²) in [4.78, 5) is 10.7. The summed E-state index contributed by atoms with van der Waals surface area (Å²) in [6, 6.07) is 0. The highest BCUT2D eigenvalue weighted by atomic mass is 16.5. The largest absolute Gasteiger partial charge is 0.466 e. The van der Waals surface area contributed by atoms with Crippen molar-refractivity contribution in [1.82, 2.24) is 0 Å². The Kier molecular flexibility index (Phi) is 2.38. The Hall–Kier alpha value is -0.790. The van der Waals surface area contributed by atoms with Gasteiger partial charge in [-0.05, 0) is 37.0 Å². The Morgan fingerprint density at radius 3 is 2.77 bits per heavy atom. The van der Waals surface area contributed by atoms with E-state index in [1.54, 1.807) is 0 Å². The van der Waals surface area contributed by atoms with Gasteiger partial charge in [0.05, 0.1) is 6.61 Å². The maximum atomic E-state index is 10.7. The van der Waals surface area contributed by atoms with Crippen LogP contribution in [0.25, 0.3) is 0 Å². The average Bonchev–Trinajstić information content (AvgIpc) is 2.17. The summed E-state index contributed by atoms with van der Waals surface area (Å²) in [6.07, 6.45) is 8.48. The molecule has 0 saturated heterocycles. The normalized spacial score (nSPS) is 36.2. The van der Waals surface area contributed by atoms with Gasteiger partial charge in [0, 0.05) is 6.92 Å². The second-order valence-corrected chi connectivity index (χ2v) is 4.18. The number of fused-ring (bicyclic) bond motifs is 2. The van der Waals surface area contributed by atoms with E-state index in [9.17, 15) is 4.79 Å². The fourth-order valence-corrected chi connectivity index (χ4v) is 2.47. The molecular weight excluding hydrogens is 164 g/mol. The van der Waals surface area contributed by atoms with Gasteiger partial charge in [0.15, 0.2) is 0 Å². The van der Waals surface area contributed by atoms with Gasteiger partial charge in [0.25, 0.3) is 0 Å². The standard InChI is InChI=1S/C11H16O2/c1-8(12)13-7-11-6-9-2-4-10(11)5-3-9/h2,4,9-11H,3,5-7H2,1H3/t9-,10+,11-/m1/s1. The van der Waals surface area contributed by atoms with Crippen LogP contribution in [-0.4, -0.2) is 12.6 Å². The van der Waals surface area contributed by atoms with Gasteiger partial charge in [-0.1, -0.05) is 12.2 Å². The number of esters is 1. The lowest BCUT2D eigenvalue weighted by atomic mass is 9.69. The van der Waals surface area contributed by atoms with E-state index in [2.05, 4.69) is 12.2 Å². The molecule has 3 atom stereocenters. The zero-order valence-electron chi connectivity index (χ0n) is 8.03. The van der Waals surface area contributed by atoms with Crippen LogP contribution < -0.4 is 0 Å². The summed E-state index contributed by atoms with van der Waals surface area (Å²) in [6.45, 7) is 2.11. The summed E-state index contributed by atoms with van der Waals surface area (Å²) in [7, 11) is 0. The number of carbonyl (C=O) groups excluding carboxylic acids is 1. The van der Waals surface area contributed by atoms with E-state index in [1.165, 1.54) is 26.2 Å².